The number of anilines is 1. The normalized spacial score (nSPS) is 10.6. The number of tetrazole rings is 1. The molecule has 5 heteroatoms. The van der Waals surface area contributed by atoms with Crippen LogP contribution in [0.3, 0.4) is 0 Å². The minimum Gasteiger partial charge on any atom is -0.397 e. The highest BCUT2D eigenvalue weighted by Gasteiger charge is 2.09. The number of aryl methyl sites for hydroxylation is 1. The fourth-order valence-corrected chi connectivity index (χ4v) is 1.85. The average molecular weight is 251 g/mol. The lowest BCUT2D eigenvalue weighted by Gasteiger charge is -2.03. The molecule has 0 spiro atoms. The van der Waals surface area contributed by atoms with Crippen molar-refractivity contribution in [1.82, 2.24) is 20.2 Å². The topological polar surface area (TPSA) is 69.6 Å². The van der Waals surface area contributed by atoms with Crippen LogP contribution in [0.15, 0.2) is 48.5 Å². The Hall–Kier alpha value is -2.69. The van der Waals surface area contributed by atoms with Crippen molar-refractivity contribution in [1.29, 1.82) is 0 Å². The maximum Gasteiger partial charge on any atom is 0.205 e. The summed E-state index contributed by atoms with van der Waals surface area (Å²) < 4.78 is 0. The zero-order valence-electron chi connectivity index (χ0n) is 10.5. The largest absolute Gasteiger partial charge is 0.397 e. The van der Waals surface area contributed by atoms with Crippen molar-refractivity contribution < 1.29 is 0 Å². The summed E-state index contributed by atoms with van der Waals surface area (Å²) in [7, 11) is 0. The Bertz CT molecular complexity index is 703. The standard InChI is InChI=1S/C14H13N5/c1-10-7-8-12(15)13(9-10)19-17-14(16-18-19)11-5-3-2-4-6-11/h2-9H,15H2,1H3. The molecule has 1 heterocycles. The summed E-state index contributed by atoms with van der Waals surface area (Å²) in [5, 5.41) is 12.5. The van der Waals surface area contributed by atoms with Crippen LogP contribution >= 0.6 is 0 Å². The van der Waals surface area contributed by atoms with Gasteiger partial charge in [-0.1, -0.05) is 36.4 Å². The Morgan fingerprint density at radius 1 is 1.05 bits per heavy atom. The van der Waals surface area contributed by atoms with Gasteiger partial charge in [-0.05, 0) is 29.8 Å². The molecule has 0 aliphatic carbocycles. The lowest BCUT2D eigenvalue weighted by Crippen LogP contribution is -2.03. The Kier molecular flexibility index (Phi) is 2.72. The molecular weight excluding hydrogens is 238 g/mol. The molecule has 0 unspecified atom stereocenters. The molecule has 0 atom stereocenters. The molecule has 0 saturated carbocycles. The number of aromatic nitrogens is 4. The van der Waals surface area contributed by atoms with Gasteiger partial charge in [-0.3, -0.25) is 0 Å². The third kappa shape index (κ3) is 2.18. The highest BCUT2D eigenvalue weighted by Crippen LogP contribution is 2.18. The number of nitrogen functional groups attached to an aromatic ring is 1. The monoisotopic (exact) mass is 251 g/mol. The van der Waals surface area contributed by atoms with E-state index in [1.165, 1.54) is 4.80 Å². The van der Waals surface area contributed by atoms with Crippen LogP contribution in [0.5, 0.6) is 0 Å². The van der Waals surface area contributed by atoms with Gasteiger partial charge in [0.25, 0.3) is 0 Å². The third-order valence-corrected chi connectivity index (χ3v) is 2.85. The Labute approximate surface area is 110 Å². The van der Waals surface area contributed by atoms with Gasteiger partial charge in [0.2, 0.25) is 5.82 Å². The highest BCUT2D eigenvalue weighted by molar-refractivity contribution is 5.59. The van der Waals surface area contributed by atoms with Gasteiger partial charge < -0.3 is 5.73 Å². The number of nitrogens with zero attached hydrogens (tertiary/aromatic N) is 4. The second-order valence-corrected chi connectivity index (χ2v) is 4.33. The molecular formula is C14H13N5. The molecule has 5 nitrogen and oxygen atoms in total. The van der Waals surface area contributed by atoms with Crippen LogP contribution in [0.25, 0.3) is 17.1 Å². The second kappa shape index (κ2) is 4.53. The van der Waals surface area contributed by atoms with Crippen molar-refractivity contribution in [3.63, 3.8) is 0 Å². The molecule has 2 N–H and O–H groups in total. The van der Waals surface area contributed by atoms with Gasteiger partial charge in [-0.15, -0.1) is 15.0 Å². The van der Waals surface area contributed by atoms with E-state index in [-0.39, 0.29) is 0 Å². The molecule has 0 aliphatic heterocycles. The number of hydrogen-bond acceptors (Lipinski definition) is 4. The summed E-state index contributed by atoms with van der Waals surface area (Å²) in [5.41, 5.74) is 9.34. The van der Waals surface area contributed by atoms with Crippen LogP contribution in [-0.4, -0.2) is 20.2 Å². The molecule has 19 heavy (non-hydrogen) atoms. The van der Waals surface area contributed by atoms with E-state index in [2.05, 4.69) is 15.4 Å². The van der Waals surface area contributed by atoms with Crippen LogP contribution in [0.2, 0.25) is 0 Å². The lowest BCUT2D eigenvalue weighted by atomic mass is 10.2. The fraction of sp³-hybridized carbons (Fsp3) is 0.0714. The SMILES string of the molecule is Cc1ccc(N)c(-n2nnc(-c3ccccc3)n2)c1. The van der Waals surface area contributed by atoms with Crippen LogP contribution in [0.1, 0.15) is 5.56 Å². The molecule has 0 amide bonds. The Morgan fingerprint density at radius 3 is 2.63 bits per heavy atom. The molecule has 0 saturated heterocycles. The van der Waals surface area contributed by atoms with E-state index >= 15 is 0 Å². The first-order valence-corrected chi connectivity index (χ1v) is 5.96. The van der Waals surface area contributed by atoms with Gasteiger partial charge in [-0.25, -0.2) is 0 Å². The number of benzene rings is 2. The van der Waals surface area contributed by atoms with Crippen molar-refractivity contribution in [3.05, 3.63) is 54.1 Å². The first-order chi connectivity index (χ1) is 9.24. The second-order valence-electron chi connectivity index (χ2n) is 4.33. The van der Waals surface area contributed by atoms with Gasteiger partial charge in [0, 0.05) is 5.56 Å². The number of hydrogen-bond donors (Lipinski definition) is 1. The van der Waals surface area contributed by atoms with Crippen molar-refractivity contribution in [2.24, 2.45) is 0 Å². The summed E-state index contributed by atoms with van der Waals surface area (Å²) in [4.78, 5) is 1.46. The Balaban J connectivity index is 2.04. The van der Waals surface area contributed by atoms with Crippen molar-refractivity contribution in [2.45, 2.75) is 6.92 Å². The van der Waals surface area contributed by atoms with E-state index in [4.69, 9.17) is 5.73 Å². The van der Waals surface area contributed by atoms with Crippen LogP contribution in [0, 0.1) is 6.92 Å². The molecule has 0 fully saturated rings. The van der Waals surface area contributed by atoms with Gasteiger partial charge in [0.1, 0.15) is 5.69 Å². The molecule has 0 bridgehead atoms. The van der Waals surface area contributed by atoms with Gasteiger partial charge in [0.15, 0.2) is 0 Å². The van der Waals surface area contributed by atoms with Crippen LogP contribution in [0.4, 0.5) is 5.69 Å². The maximum atomic E-state index is 5.94. The quantitative estimate of drug-likeness (QED) is 0.709. The minimum absolute atomic E-state index is 0.585. The summed E-state index contributed by atoms with van der Waals surface area (Å²) in [5.74, 6) is 0.585. The molecule has 0 aliphatic rings. The zero-order chi connectivity index (χ0) is 13.2. The van der Waals surface area contributed by atoms with E-state index in [0.29, 0.717) is 11.5 Å². The van der Waals surface area contributed by atoms with E-state index in [1.807, 2.05) is 55.5 Å². The number of rotatable bonds is 2. The first-order valence-electron chi connectivity index (χ1n) is 5.96. The van der Waals surface area contributed by atoms with Gasteiger partial charge >= 0.3 is 0 Å². The predicted octanol–water partition coefficient (Wildman–Crippen LogP) is 2.22. The number of nitrogens with two attached hydrogens (primary N) is 1. The van der Waals surface area contributed by atoms with E-state index < -0.39 is 0 Å². The first kappa shape index (κ1) is 11.4. The molecule has 0 radical (unpaired) electrons. The molecule has 2 aromatic carbocycles. The van der Waals surface area contributed by atoms with Crippen molar-refractivity contribution >= 4 is 5.69 Å². The van der Waals surface area contributed by atoms with E-state index in [0.717, 1.165) is 16.8 Å². The average Bonchev–Trinajstić information content (AvgIpc) is 2.92. The van der Waals surface area contributed by atoms with Crippen LogP contribution < -0.4 is 5.73 Å². The third-order valence-electron chi connectivity index (χ3n) is 2.85. The molecule has 94 valence electrons. The highest BCUT2D eigenvalue weighted by atomic mass is 15.6. The summed E-state index contributed by atoms with van der Waals surface area (Å²) in [6.45, 7) is 2.00. The lowest BCUT2D eigenvalue weighted by molar-refractivity contribution is 0.721. The van der Waals surface area contributed by atoms with Crippen LogP contribution in [-0.2, 0) is 0 Å². The predicted molar refractivity (Wildman–Crippen MR) is 73.7 cm³/mol. The van der Waals surface area contributed by atoms with Crippen molar-refractivity contribution in [3.8, 4) is 17.1 Å². The molecule has 3 aromatic rings. The summed E-state index contributed by atoms with van der Waals surface area (Å²) in [6.07, 6.45) is 0. The maximum absolute atomic E-state index is 5.94. The summed E-state index contributed by atoms with van der Waals surface area (Å²) in [6, 6.07) is 15.5. The fourth-order valence-electron chi connectivity index (χ4n) is 1.85. The van der Waals surface area contributed by atoms with Crippen molar-refractivity contribution in [2.75, 3.05) is 5.73 Å². The zero-order valence-corrected chi connectivity index (χ0v) is 10.5. The Morgan fingerprint density at radius 2 is 1.84 bits per heavy atom. The van der Waals surface area contributed by atoms with Gasteiger partial charge in [0.05, 0.1) is 5.69 Å². The smallest absolute Gasteiger partial charge is 0.205 e. The van der Waals surface area contributed by atoms with Gasteiger partial charge in [-0.2, -0.15) is 0 Å². The molecule has 3 rings (SSSR count). The van der Waals surface area contributed by atoms with E-state index in [9.17, 15) is 0 Å². The summed E-state index contributed by atoms with van der Waals surface area (Å²) >= 11 is 0. The minimum atomic E-state index is 0.585. The molecule has 1 aromatic heterocycles. The van der Waals surface area contributed by atoms with E-state index in [1.54, 1.807) is 0 Å².